The summed E-state index contributed by atoms with van der Waals surface area (Å²) in [4.78, 5) is 43.2. The summed E-state index contributed by atoms with van der Waals surface area (Å²) in [6, 6.07) is -0.733. The Morgan fingerprint density at radius 3 is 2.14 bits per heavy atom. The van der Waals surface area contributed by atoms with Crippen molar-refractivity contribution in [2.24, 2.45) is 17.3 Å². The minimum atomic E-state index is -1.11. The van der Waals surface area contributed by atoms with Crippen LogP contribution in [0.25, 0.3) is 0 Å². The van der Waals surface area contributed by atoms with Gasteiger partial charge in [-0.3, -0.25) is 14.5 Å². The van der Waals surface area contributed by atoms with Crippen molar-refractivity contribution in [3.63, 3.8) is 0 Å². The van der Waals surface area contributed by atoms with Crippen LogP contribution >= 0.6 is 0 Å². The Labute approximate surface area is 211 Å². The Morgan fingerprint density at radius 2 is 1.66 bits per heavy atom. The zero-order chi connectivity index (χ0) is 26.3. The number of rotatable bonds is 7. The molecule has 1 N–H and O–H groups in total. The topological polar surface area (TPSA) is 77.9 Å². The molecule has 6 heteroatoms. The average Bonchev–Trinajstić information content (AvgIpc) is 3.33. The van der Waals surface area contributed by atoms with Crippen LogP contribution in [0, 0.1) is 29.1 Å². The van der Waals surface area contributed by atoms with Crippen molar-refractivity contribution < 1.29 is 19.5 Å². The first-order chi connectivity index (χ1) is 16.4. The quantitative estimate of drug-likeness (QED) is 0.298. The summed E-state index contributed by atoms with van der Waals surface area (Å²) < 4.78 is 0. The second-order valence-corrected chi connectivity index (χ2v) is 11.3. The lowest BCUT2D eigenvalue weighted by molar-refractivity contribution is -0.146. The molecular formula is C29H44N2O4. The van der Waals surface area contributed by atoms with E-state index in [1.54, 1.807) is 6.08 Å². The van der Waals surface area contributed by atoms with Crippen molar-refractivity contribution in [2.75, 3.05) is 13.1 Å². The van der Waals surface area contributed by atoms with Crippen LogP contribution in [0.2, 0.25) is 0 Å². The molecule has 1 saturated heterocycles. The maximum absolute atomic E-state index is 14.1. The molecule has 1 heterocycles. The van der Waals surface area contributed by atoms with Crippen LogP contribution in [0.3, 0.4) is 0 Å². The largest absolute Gasteiger partial charge is 0.478 e. The van der Waals surface area contributed by atoms with Gasteiger partial charge in [0.15, 0.2) is 0 Å². The van der Waals surface area contributed by atoms with E-state index in [2.05, 4.69) is 18.8 Å². The predicted octanol–water partition coefficient (Wildman–Crippen LogP) is 5.40. The molecule has 0 aromatic rings. The molecule has 0 bridgehead atoms. The molecule has 0 aromatic heterocycles. The Bertz CT molecular complexity index is 915. The second kappa shape index (κ2) is 12.4. The fraction of sp³-hybridized carbons (Fsp3) is 0.690. The van der Waals surface area contributed by atoms with Crippen molar-refractivity contribution in [2.45, 2.75) is 99.5 Å². The van der Waals surface area contributed by atoms with Gasteiger partial charge in [0.25, 0.3) is 0 Å². The fourth-order valence-corrected chi connectivity index (χ4v) is 4.76. The van der Waals surface area contributed by atoms with E-state index < -0.39 is 12.0 Å². The molecule has 1 aliphatic heterocycles. The van der Waals surface area contributed by atoms with Gasteiger partial charge in [0.2, 0.25) is 11.8 Å². The summed E-state index contributed by atoms with van der Waals surface area (Å²) in [5.74, 6) is 5.32. The van der Waals surface area contributed by atoms with Gasteiger partial charge in [0.1, 0.15) is 6.04 Å². The van der Waals surface area contributed by atoms with E-state index in [4.69, 9.17) is 0 Å². The number of carboxylic acids is 1. The van der Waals surface area contributed by atoms with Gasteiger partial charge in [0.05, 0.1) is 11.3 Å². The molecule has 2 amide bonds. The van der Waals surface area contributed by atoms with Gasteiger partial charge in [-0.1, -0.05) is 25.7 Å². The first kappa shape index (κ1) is 28.7. The van der Waals surface area contributed by atoms with Crippen molar-refractivity contribution in [3.05, 3.63) is 22.9 Å². The normalized spacial score (nSPS) is 22.6. The monoisotopic (exact) mass is 484 g/mol. The molecule has 6 nitrogen and oxygen atoms in total. The molecule has 2 fully saturated rings. The smallest absolute Gasteiger partial charge is 0.333 e. The zero-order valence-electron chi connectivity index (χ0n) is 22.7. The van der Waals surface area contributed by atoms with Crippen molar-refractivity contribution >= 4 is 17.8 Å². The highest BCUT2D eigenvalue weighted by Crippen LogP contribution is 2.33. The highest BCUT2D eigenvalue weighted by atomic mass is 16.4. The minimum absolute atomic E-state index is 0.0482. The average molecular weight is 485 g/mol. The molecule has 1 atom stereocenters. The maximum atomic E-state index is 14.1. The van der Waals surface area contributed by atoms with Gasteiger partial charge in [-0.2, -0.15) is 0 Å². The van der Waals surface area contributed by atoms with E-state index in [1.807, 2.05) is 39.5 Å². The van der Waals surface area contributed by atoms with E-state index in [0.717, 1.165) is 38.5 Å². The molecule has 2 aliphatic rings. The predicted molar refractivity (Wildman–Crippen MR) is 139 cm³/mol. The molecule has 1 aliphatic carbocycles. The molecule has 0 radical (unpaired) electrons. The number of carboxylic acid groups (broad SMARTS) is 1. The van der Waals surface area contributed by atoms with Crippen molar-refractivity contribution in [1.29, 1.82) is 0 Å². The van der Waals surface area contributed by atoms with Crippen LogP contribution in [-0.4, -0.2) is 51.8 Å². The molecule has 35 heavy (non-hydrogen) atoms. The number of carbonyl (C=O) groups excluding carboxylic acids is 2. The maximum Gasteiger partial charge on any atom is 0.333 e. The van der Waals surface area contributed by atoms with Gasteiger partial charge in [-0.05, 0) is 91.6 Å². The fourth-order valence-electron chi connectivity index (χ4n) is 4.76. The Balaban J connectivity index is 2.62. The molecule has 1 saturated carbocycles. The summed E-state index contributed by atoms with van der Waals surface area (Å²) >= 11 is 0. The van der Waals surface area contributed by atoms with Crippen LogP contribution in [0.4, 0.5) is 0 Å². The number of likely N-dealkylation sites (tertiary alicyclic amines) is 1. The summed E-state index contributed by atoms with van der Waals surface area (Å²) in [5, 5.41) is 9.95. The van der Waals surface area contributed by atoms with E-state index in [1.165, 1.54) is 11.8 Å². The SMILES string of the molecule is CC[C@@H](C(=O)N1CCCC1)N(C(=O)C1CCC(C)CC1)C(/C=C(\C)C#CC(C)(C)C)=C(/C)C(=O)O. The lowest BCUT2D eigenvalue weighted by Gasteiger charge is -2.38. The van der Waals surface area contributed by atoms with Crippen molar-refractivity contribution in [3.8, 4) is 11.8 Å². The number of aliphatic carboxylic acids is 1. The lowest BCUT2D eigenvalue weighted by atomic mass is 9.82. The number of allylic oxidation sites excluding steroid dienone is 2. The number of nitrogens with zero attached hydrogens (tertiary/aromatic N) is 2. The number of carbonyl (C=O) groups is 3. The number of hydrogen-bond acceptors (Lipinski definition) is 3. The van der Waals surface area contributed by atoms with E-state index in [0.29, 0.717) is 31.0 Å². The van der Waals surface area contributed by atoms with Gasteiger partial charge < -0.3 is 10.0 Å². The summed E-state index contributed by atoms with van der Waals surface area (Å²) in [7, 11) is 0. The molecule has 0 aromatic carbocycles. The minimum Gasteiger partial charge on any atom is -0.478 e. The first-order valence-corrected chi connectivity index (χ1v) is 13.1. The Kier molecular flexibility index (Phi) is 10.2. The van der Waals surface area contributed by atoms with E-state index in [-0.39, 0.29) is 34.4 Å². The summed E-state index contributed by atoms with van der Waals surface area (Å²) in [6.07, 6.45) is 7.46. The zero-order valence-corrected chi connectivity index (χ0v) is 22.7. The van der Waals surface area contributed by atoms with Gasteiger partial charge in [0, 0.05) is 30.0 Å². The first-order valence-electron chi connectivity index (χ1n) is 13.1. The lowest BCUT2D eigenvalue weighted by Crippen LogP contribution is -2.51. The van der Waals surface area contributed by atoms with Crippen LogP contribution in [0.15, 0.2) is 22.9 Å². The van der Waals surface area contributed by atoms with E-state index in [9.17, 15) is 19.5 Å². The summed E-state index contributed by atoms with van der Waals surface area (Å²) in [6.45, 7) is 14.8. The van der Waals surface area contributed by atoms with Gasteiger partial charge in [-0.15, -0.1) is 0 Å². The van der Waals surface area contributed by atoms with Crippen LogP contribution in [0.1, 0.15) is 93.4 Å². The Hall–Kier alpha value is -2.55. The molecule has 0 unspecified atom stereocenters. The molecule has 0 spiro atoms. The molecule has 194 valence electrons. The highest BCUT2D eigenvalue weighted by Gasteiger charge is 2.39. The third kappa shape index (κ3) is 7.98. The number of amides is 2. The van der Waals surface area contributed by atoms with Gasteiger partial charge in [-0.25, -0.2) is 4.79 Å². The Morgan fingerprint density at radius 1 is 1.09 bits per heavy atom. The second-order valence-electron chi connectivity index (χ2n) is 11.3. The van der Waals surface area contributed by atoms with Crippen LogP contribution in [0.5, 0.6) is 0 Å². The molecule has 2 rings (SSSR count). The third-order valence-corrected chi connectivity index (χ3v) is 6.96. The van der Waals surface area contributed by atoms with Crippen molar-refractivity contribution in [1.82, 2.24) is 9.80 Å². The van der Waals surface area contributed by atoms with Gasteiger partial charge >= 0.3 is 5.97 Å². The number of hydrogen-bond donors (Lipinski definition) is 1. The molecular weight excluding hydrogens is 440 g/mol. The summed E-state index contributed by atoms with van der Waals surface area (Å²) in [5.41, 5.74) is 0.773. The standard InChI is InChI=1S/C29H44N2O4/c1-8-24(27(33)30-17-9-10-18-30)31(26(32)23-13-11-20(2)12-14-23)25(22(4)28(34)35)19-21(3)15-16-29(5,6)7/h19-20,23-24H,8-14,17-18H2,1-7H3,(H,34,35)/b21-19+,25-22-/t20?,23?,24-/m0/s1. The third-order valence-electron chi connectivity index (χ3n) is 6.96. The van der Waals surface area contributed by atoms with Crippen LogP contribution in [-0.2, 0) is 14.4 Å². The van der Waals surface area contributed by atoms with Crippen LogP contribution < -0.4 is 0 Å². The highest BCUT2D eigenvalue weighted by molar-refractivity contribution is 5.93. The van der Waals surface area contributed by atoms with E-state index >= 15 is 0 Å².